The number of benzene rings is 1. The van der Waals surface area contributed by atoms with Gasteiger partial charge in [0.15, 0.2) is 0 Å². The molecular formula is C12H17NO4S. The lowest BCUT2D eigenvalue weighted by Gasteiger charge is -2.11. The fraction of sp³-hybridized carbons (Fsp3) is 0.500. The van der Waals surface area contributed by atoms with Crippen LogP contribution in [0.5, 0.6) is 11.5 Å². The summed E-state index contributed by atoms with van der Waals surface area (Å²) in [4.78, 5) is 0. The van der Waals surface area contributed by atoms with Gasteiger partial charge in [0.25, 0.3) is 0 Å². The topological polar surface area (TPSA) is 64.6 Å². The van der Waals surface area contributed by atoms with Crippen LogP contribution in [0, 0.1) is 0 Å². The molecule has 6 heteroatoms. The Morgan fingerprint density at radius 1 is 1.28 bits per heavy atom. The smallest absolute Gasteiger partial charge is 0.214 e. The van der Waals surface area contributed by atoms with Crippen molar-refractivity contribution in [3.05, 3.63) is 23.8 Å². The van der Waals surface area contributed by atoms with Gasteiger partial charge in [0.2, 0.25) is 10.0 Å². The number of methoxy groups -OCH3 is 2. The van der Waals surface area contributed by atoms with E-state index in [0.29, 0.717) is 11.5 Å². The molecule has 1 aromatic rings. The summed E-state index contributed by atoms with van der Waals surface area (Å²) in [6, 6.07) is 5.32. The molecule has 1 aliphatic carbocycles. The van der Waals surface area contributed by atoms with E-state index >= 15 is 0 Å². The Labute approximate surface area is 107 Å². The minimum absolute atomic E-state index is 0.207. The third kappa shape index (κ3) is 2.94. The lowest BCUT2D eigenvalue weighted by molar-refractivity contribution is 0.390. The van der Waals surface area contributed by atoms with Gasteiger partial charge < -0.3 is 9.47 Å². The normalized spacial score (nSPS) is 15.4. The Kier molecular flexibility index (Phi) is 3.77. The van der Waals surface area contributed by atoms with Crippen molar-refractivity contribution in [2.45, 2.75) is 24.6 Å². The van der Waals surface area contributed by atoms with E-state index in [2.05, 4.69) is 4.72 Å². The predicted molar refractivity (Wildman–Crippen MR) is 68.3 cm³/mol. The van der Waals surface area contributed by atoms with E-state index in [-0.39, 0.29) is 11.8 Å². The zero-order chi connectivity index (χ0) is 13.2. The van der Waals surface area contributed by atoms with Gasteiger partial charge in [-0.2, -0.15) is 0 Å². The van der Waals surface area contributed by atoms with Gasteiger partial charge >= 0.3 is 0 Å². The Morgan fingerprint density at radius 3 is 2.56 bits per heavy atom. The van der Waals surface area contributed by atoms with Crippen molar-refractivity contribution in [1.82, 2.24) is 4.72 Å². The van der Waals surface area contributed by atoms with Crippen LogP contribution in [0.25, 0.3) is 0 Å². The van der Waals surface area contributed by atoms with Gasteiger partial charge in [-0.25, -0.2) is 13.1 Å². The average molecular weight is 271 g/mol. The zero-order valence-corrected chi connectivity index (χ0v) is 11.3. The highest BCUT2D eigenvalue weighted by molar-refractivity contribution is 7.90. The van der Waals surface area contributed by atoms with E-state index in [4.69, 9.17) is 9.47 Å². The molecule has 0 heterocycles. The number of sulfonamides is 1. The maximum atomic E-state index is 11.7. The summed E-state index contributed by atoms with van der Waals surface area (Å²) in [6.45, 7) is 0.242. The summed E-state index contributed by atoms with van der Waals surface area (Å²) < 4.78 is 36.3. The van der Waals surface area contributed by atoms with Gasteiger partial charge in [0.1, 0.15) is 11.5 Å². The second kappa shape index (κ2) is 5.16. The standard InChI is InChI=1S/C12H17NO4S/c1-16-10-4-3-9(12(7-10)17-2)8-13-18(14,15)11-5-6-11/h3-4,7,11,13H,5-6,8H2,1-2H3. The van der Waals surface area contributed by atoms with Crippen LogP contribution in [0.1, 0.15) is 18.4 Å². The molecule has 0 amide bonds. The Balaban J connectivity index is 2.09. The minimum atomic E-state index is -3.16. The fourth-order valence-electron chi connectivity index (χ4n) is 1.67. The van der Waals surface area contributed by atoms with Crippen LogP contribution in [0.2, 0.25) is 0 Å². The van der Waals surface area contributed by atoms with E-state index in [0.717, 1.165) is 18.4 Å². The lowest BCUT2D eigenvalue weighted by atomic mass is 10.2. The van der Waals surface area contributed by atoms with Crippen LogP contribution >= 0.6 is 0 Å². The van der Waals surface area contributed by atoms with Gasteiger partial charge in [0, 0.05) is 18.2 Å². The highest BCUT2D eigenvalue weighted by atomic mass is 32.2. The maximum Gasteiger partial charge on any atom is 0.214 e. The van der Waals surface area contributed by atoms with E-state index < -0.39 is 10.0 Å². The predicted octanol–water partition coefficient (Wildman–Crippen LogP) is 1.29. The minimum Gasteiger partial charge on any atom is -0.497 e. The monoisotopic (exact) mass is 271 g/mol. The average Bonchev–Trinajstić information content (AvgIpc) is 3.20. The van der Waals surface area contributed by atoms with Crippen LogP contribution in [0.4, 0.5) is 0 Å². The first-order valence-electron chi connectivity index (χ1n) is 5.76. The SMILES string of the molecule is COc1ccc(CNS(=O)(=O)C2CC2)c(OC)c1. The van der Waals surface area contributed by atoms with Gasteiger partial charge in [0.05, 0.1) is 19.5 Å². The van der Waals surface area contributed by atoms with Crippen LogP contribution < -0.4 is 14.2 Å². The third-order valence-corrected chi connectivity index (χ3v) is 4.82. The first kappa shape index (κ1) is 13.2. The second-order valence-corrected chi connectivity index (χ2v) is 6.29. The molecule has 1 aromatic carbocycles. The number of hydrogen-bond acceptors (Lipinski definition) is 4. The Hall–Kier alpha value is -1.27. The van der Waals surface area contributed by atoms with E-state index in [1.165, 1.54) is 0 Å². The number of rotatable bonds is 6. The van der Waals surface area contributed by atoms with Crippen LogP contribution in [-0.2, 0) is 16.6 Å². The number of ether oxygens (including phenoxy) is 2. The lowest BCUT2D eigenvalue weighted by Crippen LogP contribution is -2.26. The van der Waals surface area contributed by atoms with Gasteiger partial charge in [-0.1, -0.05) is 6.07 Å². The largest absolute Gasteiger partial charge is 0.497 e. The molecule has 0 unspecified atom stereocenters. The Morgan fingerprint density at radius 2 is 2.00 bits per heavy atom. The first-order chi connectivity index (χ1) is 8.56. The van der Waals surface area contributed by atoms with Crippen LogP contribution in [0.3, 0.4) is 0 Å². The highest BCUT2D eigenvalue weighted by Crippen LogP contribution is 2.29. The number of nitrogens with one attached hydrogen (secondary N) is 1. The molecule has 0 bridgehead atoms. The van der Waals surface area contributed by atoms with Gasteiger partial charge in [-0.15, -0.1) is 0 Å². The molecule has 0 saturated heterocycles. The van der Waals surface area contributed by atoms with Crippen molar-refractivity contribution in [3.8, 4) is 11.5 Å². The summed E-state index contributed by atoms with van der Waals surface area (Å²) in [5, 5.41) is -0.207. The Bertz CT molecular complexity index is 523. The molecule has 1 N–H and O–H groups in total. The van der Waals surface area contributed by atoms with Crippen LogP contribution in [-0.4, -0.2) is 27.9 Å². The molecule has 0 spiro atoms. The van der Waals surface area contributed by atoms with Crippen molar-refractivity contribution in [2.75, 3.05) is 14.2 Å². The molecular weight excluding hydrogens is 254 g/mol. The summed E-state index contributed by atoms with van der Waals surface area (Å²) in [5.74, 6) is 1.30. The summed E-state index contributed by atoms with van der Waals surface area (Å²) >= 11 is 0. The number of hydrogen-bond donors (Lipinski definition) is 1. The second-order valence-electron chi connectivity index (χ2n) is 4.24. The van der Waals surface area contributed by atoms with Crippen molar-refractivity contribution >= 4 is 10.0 Å². The molecule has 1 aliphatic rings. The quantitative estimate of drug-likeness (QED) is 0.846. The van der Waals surface area contributed by atoms with Crippen molar-refractivity contribution in [2.24, 2.45) is 0 Å². The molecule has 0 aliphatic heterocycles. The summed E-state index contributed by atoms with van der Waals surface area (Å²) in [7, 11) is -0.0398. The molecule has 18 heavy (non-hydrogen) atoms. The van der Waals surface area contributed by atoms with Crippen molar-refractivity contribution in [1.29, 1.82) is 0 Å². The molecule has 0 atom stereocenters. The molecule has 1 saturated carbocycles. The van der Waals surface area contributed by atoms with E-state index in [1.807, 2.05) is 0 Å². The van der Waals surface area contributed by atoms with E-state index in [1.54, 1.807) is 32.4 Å². The van der Waals surface area contributed by atoms with Crippen molar-refractivity contribution in [3.63, 3.8) is 0 Å². The van der Waals surface area contributed by atoms with Crippen molar-refractivity contribution < 1.29 is 17.9 Å². The molecule has 2 rings (SSSR count). The third-order valence-electron chi connectivity index (χ3n) is 2.92. The summed E-state index contributed by atoms with van der Waals surface area (Å²) in [6.07, 6.45) is 1.52. The van der Waals surface area contributed by atoms with Gasteiger partial charge in [-0.05, 0) is 18.9 Å². The molecule has 5 nitrogen and oxygen atoms in total. The molecule has 0 radical (unpaired) electrons. The van der Waals surface area contributed by atoms with Gasteiger partial charge in [-0.3, -0.25) is 0 Å². The summed E-state index contributed by atoms with van der Waals surface area (Å²) in [5.41, 5.74) is 0.794. The fourth-order valence-corrected chi connectivity index (χ4v) is 3.02. The first-order valence-corrected chi connectivity index (χ1v) is 7.31. The maximum absolute atomic E-state index is 11.7. The molecule has 1 fully saturated rings. The van der Waals surface area contributed by atoms with E-state index in [9.17, 15) is 8.42 Å². The molecule has 100 valence electrons. The van der Waals surface area contributed by atoms with Crippen LogP contribution in [0.15, 0.2) is 18.2 Å². The zero-order valence-electron chi connectivity index (χ0n) is 10.5. The highest BCUT2D eigenvalue weighted by Gasteiger charge is 2.35. The molecule has 0 aromatic heterocycles.